The Hall–Kier alpha value is -1.63. The maximum atomic E-state index is 11.5. The molecule has 0 aromatic heterocycles. The number of ether oxygens (including phenoxy) is 1. The van der Waals surface area contributed by atoms with Crippen LogP contribution in [0.4, 0.5) is 4.79 Å². The summed E-state index contributed by atoms with van der Waals surface area (Å²) in [7, 11) is 1.62. The van der Waals surface area contributed by atoms with E-state index < -0.39 is 0 Å². The van der Waals surface area contributed by atoms with Crippen molar-refractivity contribution in [2.75, 3.05) is 59.5 Å². The van der Waals surface area contributed by atoms with E-state index in [0.717, 1.165) is 45.7 Å². The van der Waals surface area contributed by atoms with E-state index >= 15 is 0 Å². The Kier molecular flexibility index (Phi) is 8.59. The van der Waals surface area contributed by atoms with Crippen LogP contribution in [0.15, 0.2) is 30.3 Å². The number of amides is 2. The van der Waals surface area contributed by atoms with Crippen molar-refractivity contribution >= 4 is 6.03 Å². The van der Waals surface area contributed by atoms with Gasteiger partial charge in [-0.25, -0.2) is 4.79 Å². The van der Waals surface area contributed by atoms with E-state index in [1.165, 1.54) is 5.56 Å². The summed E-state index contributed by atoms with van der Waals surface area (Å²) in [5.74, 6) is 0. The van der Waals surface area contributed by atoms with Gasteiger partial charge in [-0.3, -0.25) is 4.90 Å². The number of urea groups is 1. The van der Waals surface area contributed by atoms with Gasteiger partial charge in [0.15, 0.2) is 0 Å². The topological polar surface area (TPSA) is 56.8 Å². The Morgan fingerprint density at radius 2 is 1.71 bits per heavy atom. The first-order chi connectivity index (χ1) is 11.8. The third kappa shape index (κ3) is 7.29. The van der Waals surface area contributed by atoms with Crippen molar-refractivity contribution in [3.8, 4) is 0 Å². The summed E-state index contributed by atoms with van der Waals surface area (Å²) in [6, 6.07) is 10.5. The van der Waals surface area contributed by atoms with Gasteiger partial charge in [-0.1, -0.05) is 30.3 Å². The maximum Gasteiger partial charge on any atom is 0.314 e. The lowest BCUT2D eigenvalue weighted by atomic mass is 10.2. The first-order valence-electron chi connectivity index (χ1n) is 8.77. The molecule has 1 saturated heterocycles. The van der Waals surface area contributed by atoms with E-state index in [4.69, 9.17) is 4.74 Å². The monoisotopic (exact) mass is 334 g/mol. The van der Waals surface area contributed by atoms with Crippen LogP contribution in [0.5, 0.6) is 0 Å². The van der Waals surface area contributed by atoms with Gasteiger partial charge in [-0.15, -0.1) is 0 Å². The molecule has 1 aliphatic rings. The Morgan fingerprint density at radius 1 is 1.04 bits per heavy atom. The number of carbonyl (C=O) groups is 1. The molecular formula is C18H30N4O2. The van der Waals surface area contributed by atoms with Crippen molar-refractivity contribution in [2.45, 2.75) is 13.0 Å². The zero-order chi connectivity index (χ0) is 17.0. The standard InChI is InChI=1S/C18H30N4O2/c1-24-15-9-20-18(23)19-8-5-10-21-11-13-22(14-12-21)16-17-6-3-2-4-7-17/h2-4,6-7H,5,8-16H2,1H3,(H2,19,20,23). The fraction of sp³-hybridized carbons (Fsp3) is 0.611. The summed E-state index contributed by atoms with van der Waals surface area (Å²) < 4.78 is 4.89. The molecule has 1 aromatic carbocycles. The molecular weight excluding hydrogens is 304 g/mol. The van der Waals surface area contributed by atoms with Crippen LogP contribution in [-0.2, 0) is 11.3 Å². The second kappa shape index (κ2) is 11.0. The minimum absolute atomic E-state index is 0.111. The number of hydrogen-bond donors (Lipinski definition) is 2. The maximum absolute atomic E-state index is 11.5. The normalized spacial score (nSPS) is 16.0. The molecule has 0 atom stereocenters. The SMILES string of the molecule is COCCNC(=O)NCCCN1CCN(Cc2ccccc2)CC1. The highest BCUT2D eigenvalue weighted by Gasteiger charge is 2.16. The molecule has 0 saturated carbocycles. The molecule has 0 spiro atoms. The highest BCUT2D eigenvalue weighted by atomic mass is 16.5. The molecule has 134 valence electrons. The smallest absolute Gasteiger partial charge is 0.314 e. The fourth-order valence-electron chi connectivity index (χ4n) is 2.85. The van der Waals surface area contributed by atoms with Gasteiger partial charge in [0.1, 0.15) is 0 Å². The van der Waals surface area contributed by atoms with Crippen LogP contribution in [0.3, 0.4) is 0 Å². The molecule has 1 fully saturated rings. The fourth-order valence-corrected chi connectivity index (χ4v) is 2.85. The zero-order valence-corrected chi connectivity index (χ0v) is 14.7. The van der Waals surface area contributed by atoms with Crippen LogP contribution >= 0.6 is 0 Å². The van der Waals surface area contributed by atoms with Gasteiger partial charge in [-0.2, -0.15) is 0 Å². The van der Waals surface area contributed by atoms with Crippen LogP contribution in [-0.4, -0.2) is 75.4 Å². The predicted molar refractivity (Wildman–Crippen MR) is 96.1 cm³/mol. The number of hydrogen-bond acceptors (Lipinski definition) is 4. The lowest BCUT2D eigenvalue weighted by molar-refractivity contribution is 0.126. The molecule has 2 rings (SSSR count). The van der Waals surface area contributed by atoms with Crippen molar-refractivity contribution in [3.05, 3.63) is 35.9 Å². The Balaban J connectivity index is 1.51. The van der Waals surface area contributed by atoms with E-state index in [0.29, 0.717) is 19.7 Å². The molecule has 6 nitrogen and oxygen atoms in total. The first kappa shape index (κ1) is 18.7. The molecule has 2 N–H and O–H groups in total. The average Bonchev–Trinajstić information content (AvgIpc) is 2.61. The Morgan fingerprint density at radius 3 is 2.42 bits per heavy atom. The minimum Gasteiger partial charge on any atom is -0.383 e. The molecule has 0 aliphatic carbocycles. The lowest BCUT2D eigenvalue weighted by Crippen LogP contribution is -2.46. The number of nitrogens with one attached hydrogen (secondary N) is 2. The number of nitrogens with zero attached hydrogens (tertiary/aromatic N) is 2. The van der Waals surface area contributed by atoms with Crippen LogP contribution in [0.25, 0.3) is 0 Å². The van der Waals surface area contributed by atoms with Gasteiger partial charge in [0.25, 0.3) is 0 Å². The minimum atomic E-state index is -0.111. The van der Waals surface area contributed by atoms with Crippen LogP contribution < -0.4 is 10.6 Å². The quantitative estimate of drug-likeness (QED) is 0.665. The second-order valence-electron chi connectivity index (χ2n) is 6.13. The summed E-state index contributed by atoms with van der Waals surface area (Å²) in [6.07, 6.45) is 0.983. The van der Waals surface area contributed by atoms with Crippen molar-refractivity contribution in [1.82, 2.24) is 20.4 Å². The Labute approximate surface area is 145 Å². The van der Waals surface area contributed by atoms with E-state index in [-0.39, 0.29) is 6.03 Å². The molecule has 1 aromatic rings. The number of rotatable bonds is 9. The Bertz CT molecular complexity index is 461. The molecule has 0 radical (unpaired) electrons. The van der Waals surface area contributed by atoms with E-state index in [1.54, 1.807) is 7.11 Å². The van der Waals surface area contributed by atoms with Crippen LogP contribution in [0.1, 0.15) is 12.0 Å². The molecule has 24 heavy (non-hydrogen) atoms. The third-order valence-electron chi connectivity index (χ3n) is 4.24. The van der Waals surface area contributed by atoms with Crippen molar-refractivity contribution < 1.29 is 9.53 Å². The molecule has 6 heteroatoms. The van der Waals surface area contributed by atoms with Gasteiger partial charge >= 0.3 is 6.03 Å². The highest BCUT2D eigenvalue weighted by molar-refractivity contribution is 5.73. The van der Waals surface area contributed by atoms with Gasteiger partial charge < -0.3 is 20.3 Å². The highest BCUT2D eigenvalue weighted by Crippen LogP contribution is 2.08. The largest absolute Gasteiger partial charge is 0.383 e. The molecule has 0 unspecified atom stereocenters. The number of piperazine rings is 1. The van der Waals surface area contributed by atoms with Gasteiger partial charge in [-0.05, 0) is 18.5 Å². The summed E-state index contributed by atoms with van der Waals surface area (Å²) in [5.41, 5.74) is 1.38. The van der Waals surface area contributed by atoms with Gasteiger partial charge in [0.2, 0.25) is 0 Å². The van der Waals surface area contributed by atoms with E-state index in [2.05, 4.69) is 50.8 Å². The van der Waals surface area contributed by atoms with E-state index in [9.17, 15) is 4.79 Å². The van der Waals surface area contributed by atoms with Crippen molar-refractivity contribution in [3.63, 3.8) is 0 Å². The summed E-state index contributed by atoms with van der Waals surface area (Å²) in [6.45, 7) is 8.31. The van der Waals surface area contributed by atoms with Crippen LogP contribution in [0, 0.1) is 0 Å². The predicted octanol–water partition coefficient (Wildman–Crippen LogP) is 1.14. The zero-order valence-electron chi connectivity index (χ0n) is 14.7. The summed E-state index contributed by atoms with van der Waals surface area (Å²) in [4.78, 5) is 16.5. The average molecular weight is 334 g/mol. The summed E-state index contributed by atoms with van der Waals surface area (Å²) >= 11 is 0. The molecule has 2 amide bonds. The first-order valence-corrected chi connectivity index (χ1v) is 8.77. The van der Waals surface area contributed by atoms with Gasteiger partial charge in [0, 0.05) is 52.9 Å². The third-order valence-corrected chi connectivity index (χ3v) is 4.24. The van der Waals surface area contributed by atoms with Crippen molar-refractivity contribution in [1.29, 1.82) is 0 Å². The summed E-state index contributed by atoms with van der Waals surface area (Å²) in [5, 5.41) is 5.64. The molecule has 1 heterocycles. The lowest BCUT2D eigenvalue weighted by Gasteiger charge is -2.34. The van der Waals surface area contributed by atoms with Crippen molar-refractivity contribution in [2.24, 2.45) is 0 Å². The van der Waals surface area contributed by atoms with Gasteiger partial charge in [0.05, 0.1) is 6.61 Å². The van der Waals surface area contributed by atoms with E-state index in [1.807, 2.05) is 0 Å². The second-order valence-corrected chi connectivity index (χ2v) is 6.13. The number of benzene rings is 1. The number of methoxy groups -OCH3 is 1. The molecule has 0 bridgehead atoms. The number of carbonyl (C=O) groups excluding carboxylic acids is 1. The van der Waals surface area contributed by atoms with Crippen LogP contribution in [0.2, 0.25) is 0 Å². The molecule has 1 aliphatic heterocycles.